The fourth-order valence-corrected chi connectivity index (χ4v) is 2.17. The second-order valence-electron chi connectivity index (χ2n) is 4.27. The summed E-state index contributed by atoms with van der Waals surface area (Å²) in [5.41, 5.74) is 5.58. The molecule has 0 amide bonds. The van der Waals surface area contributed by atoms with Crippen molar-refractivity contribution in [2.45, 2.75) is 18.3 Å². The smallest absolute Gasteiger partial charge is 0.197 e. The highest BCUT2D eigenvalue weighted by Crippen LogP contribution is 2.54. The third-order valence-corrected chi connectivity index (χ3v) is 3.33. The Labute approximate surface area is 98.5 Å². The van der Waals surface area contributed by atoms with E-state index < -0.39 is 17.0 Å². The Hall–Kier alpha value is -1.36. The molecule has 3 nitrogen and oxygen atoms in total. The molecule has 0 aromatic heterocycles. The molecule has 0 radical (unpaired) electrons. The molecule has 2 rings (SSSR count). The molecule has 0 atom stereocenters. The van der Waals surface area contributed by atoms with Crippen LogP contribution in [0.3, 0.4) is 0 Å². The van der Waals surface area contributed by atoms with Gasteiger partial charge in [0.25, 0.3) is 0 Å². The highest BCUT2D eigenvalue weighted by atomic mass is 19.1. The summed E-state index contributed by atoms with van der Waals surface area (Å²) in [7, 11) is 2.69. The predicted molar refractivity (Wildman–Crippen MR) is 59.4 cm³/mol. The second kappa shape index (κ2) is 4.14. The number of nitrogens with two attached hydrogens (primary N) is 1. The van der Waals surface area contributed by atoms with Crippen LogP contribution in [0.15, 0.2) is 6.07 Å². The number of halogens is 2. The van der Waals surface area contributed by atoms with Gasteiger partial charge in [0.05, 0.1) is 14.2 Å². The van der Waals surface area contributed by atoms with Crippen molar-refractivity contribution in [2.75, 3.05) is 20.8 Å². The Bertz CT molecular complexity index is 445. The van der Waals surface area contributed by atoms with Crippen LogP contribution in [0.5, 0.6) is 11.5 Å². The minimum absolute atomic E-state index is 0.0661. The highest BCUT2D eigenvalue weighted by Gasteiger charge is 2.48. The Morgan fingerprint density at radius 3 is 2.18 bits per heavy atom. The van der Waals surface area contributed by atoms with Crippen molar-refractivity contribution in [1.82, 2.24) is 0 Å². The van der Waals surface area contributed by atoms with Gasteiger partial charge in [0.15, 0.2) is 17.3 Å². The van der Waals surface area contributed by atoms with E-state index in [4.69, 9.17) is 15.2 Å². The van der Waals surface area contributed by atoms with Gasteiger partial charge in [0.2, 0.25) is 0 Å². The van der Waals surface area contributed by atoms with Gasteiger partial charge < -0.3 is 15.2 Å². The summed E-state index contributed by atoms with van der Waals surface area (Å²) in [6.45, 7) is 0.315. The van der Waals surface area contributed by atoms with Crippen LogP contribution in [0.2, 0.25) is 0 Å². The lowest BCUT2D eigenvalue weighted by Crippen LogP contribution is -2.22. The van der Waals surface area contributed by atoms with E-state index in [9.17, 15) is 8.78 Å². The summed E-state index contributed by atoms with van der Waals surface area (Å²) in [6.07, 6.45) is 1.57. The van der Waals surface area contributed by atoms with Gasteiger partial charge in [-0.25, -0.2) is 8.78 Å². The molecule has 0 saturated heterocycles. The maximum Gasteiger partial charge on any atom is 0.197 e. The summed E-state index contributed by atoms with van der Waals surface area (Å²) in [5.74, 6) is -1.34. The van der Waals surface area contributed by atoms with Crippen LogP contribution in [0, 0.1) is 11.6 Å². The lowest BCUT2D eigenvalue weighted by molar-refractivity contribution is 0.326. The first-order chi connectivity index (χ1) is 8.09. The van der Waals surface area contributed by atoms with Crippen LogP contribution in [-0.2, 0) is 5.41 Å². The molecule has 1 aliphatic carbocycles. The first kappa shape index (κ1) is 12.1. The zero-order valence-corrected chi connectivity index (χ0v) is 9.85. The molecular formula is C12H15F2NO2. The van der Waals surface area contributed by atoms with Crippen molar-refractivity contribution in [3.05, 3.63) is 23.3 Å². The van der Waals surface area contributed by atoms with Gasteiger partial charge in [-0.15, -0.1) is 0 Å². The van der Waals surface area contributed by atoms with Gasteiger partial charge in [-0.1, -0.05) is 0 Å². The molecule has 5 heteroatoms. The Morgan fingerprint density at radius 1 is 1.18 bits per heavy atom. The van der Waals surface area contributed by atoms with Crippen LogP contribution < -0.4 is 15.2 Å². The van der Waals surface area contributed by atoms with Gasteiger partial charge >= 0.3 is 0 Å². The SMILES string of the molecule is COc1c(F)cc(F)c(C2(CN)CC2)c1OC. The van der Waals surface area contributed by atoms with Crippen molar-refractivity contribution in [3.63, 3.8) is 0 Å². The summed E-state index contributed by atoms with van der Waals surface area (Å²) < 4.78 is 37.4. The number of hydrogen-bond donors (Lipinski definition) is 1. The summed E-state index contributed by atoms with van der Waals surface area (Å²) in [6, 6.07) is 0.826. The topological polar surface area (TPSA) is 44.5 Å². The van der Waals surface area contributed by atoms with E-state index in [0.717, 1.165) is 18.9 Å². The van der Waals surface area contributed by atoms with Crippen LogP contribution in [-0.4, -0.2) is 20.8 Å². The Morgan fingerprint density at radius 2 is 1.76 bits per heavy atom. The average molecular weight is 243 g/mol. The summed E-state index contributed by atoms with van der Waals surface area (Å²) in [5, 5.41) is 0. The third-order valence-electron chi connectivity index (χ3n) is 3.33. The van der Waals surface area contributed by atoms with Crippen LogP contribution in [0.4, 0.5) is 8.78 Å². The van der Waals surface area contributed by atoms with Crippen molar-refractivity contribution >= 4 is 0 Å². The second-order valence-corrected chi connectivity index (χ2v) is 4.27. The minimum atomic E-state index is -0.765. The molecule has 1 fully saturated rings. The number of rotatable bonds is 4. The maximum atomic E-state index is 13.9. The predicted octanol–water partition coefficient (Wildman–Crippen LogP) is 1.97. The van der Waals surface area contributed by atoms with Gasteiger partial charge in [0, 0.05) is 23.6 Å². The molecule has 1 aromatic carbocycles. The van der Waals surface area contributed by atoms with Crippen LogP contribution in [0.1, 0.15) is 18.4 Å². The van der Waals surface area contributed by atoms with E-state index in [2.05, 4.69) is 0 Å². The monoisotopic (exact) mass is 243 g/mol. The molecule has 0 aliphatic heterocycles. The quantitative estimate of drug-likeness (QED) is 0.879. The van der Waals surface area contributed by atoms with Crippen molar-refractivity contribution in [3.8, 4) is 11.5 Å². The van der Waals surface area contributed by atoms with Gasteiger partial charge in [-0.3, -0.25) is 0 Å². The average Bonchev–Trinajstić information content (AvgIpc) is 3.08. The first-order valence-corrected chi connectivity index (χ1v) is 5.40. The van der Waals surface area contributed by atoms with Crippen LogP contribution in [0.25, 0.3) is 0 Å². The molecule has 17 heavy (non-hydrogen) atoms. The van der Waals surface area contributed by atoms with E-state index in [1.807, 2.05) is 0 Å². The van der Waals surface area contributed by atoms with E-state index in [1.54, 1.807) is 0 Å². The van der Waals surface area contributed by atoms with Gasteiger partial charge in [-0.2, -0.15) is 0 Å². The molecule has 1 aromatic rings. The van der Waals surface area contributed by atoms with E-state index in [0.29, 0.717) is 12.1 Å². The normalized spacial score (nSPS) is 16.8. The van der Waals surface area contributed by atoms with E-state index in [1.165, 1.54) is 14.2 Å². The molecule has 94 valence electrons. The lowest BCUT2D eigenvalue weighted by atomic mass is 9.94. The minimum Gasteiger partial charge on any atom is -0.492 e. The fraction of sp³-hybridized carbons (Fsp3) is 0.500. The van der Waals surface area contributed by atoms with Crippen molar-refractivity contribution < 1.29 is 18.3 Å². The van der Waals surface area contributed by atoms with E-state index in [-0.39, 0.29) is 11.5 Å². The van der Waals surface area contributed by atoms with Crippen molar-refractivity contribution in [1.29, 1.82) is 0 Å². The standard InChI is InChI=1S/C12H15F2NO2/c1-16-10-8(14)5-7(13)9(11(10)17-2)12(6-15)3-4-12/h5H,3-4,6,15H2,1-2H3. The highest BCUT2D eigenvalue weighted by molar-refractivity contribution is 5.54. The zero-order chi connectivity index (χ0) is 12.6. The van der Waals surface area contributed by atoms with Crippen molar-refractivity contribution in [2.24, 2.45) is 5.73 Å². The fourth-order valence-electron chi connectivity index (χ4n) is 2.17. The molecule has 1 aliphatic rings. The lowest BCUT2D eigenvalue weighted by Gasteiger charge is -2.20. The molecule has 0 spiro atoms. The number of hydrogen-bond acceptors (Lipinski definition) is 3. The Kier molecular flexibility index (Phi) is 2.95. The third kappa shape index (κ3) is 1.74. The Balaban J connectivity index is 2.65. The molecule has 0 unspecified atom stereocenters. The number of methoxy groups -OCH3 is 2. The molecular weight excluding hydrogens is 228 g/mol. The molecule has 0 bridgehead atoms. The summed E-state index contributed by atoms with van der Waals surface area (Å²) in [4.78, 5) is 0. The van der Waals surface area contributed by atoms with Gasteiger partial charge in [-0.05, 0) is 12.8 Å². The maximum absolute atomic E-state index is 13.9. The van der Waals surface area contributed by atoms with E-state index >= 15 is 0 Å². The number of benzene rings is 1. The van der Waals surface area contributed by atoms with Crippen LogP contribution >= 0.6 is 0 Å². The summed E-state index contributed by atoms with van der Waals surface area (Å²) >= 11 is 0. The number of ether oxygens (including phenoxy) is 2. The molecule has 0 heterocycles. The molecule has 2 N–H and O–H groups in total. The van der Waals surface area contributed by atoms with Gasteiger partial charge in [0.1, 0.15) is 5.82 Å². The molecule has 1 saturated carbocycles. The first-order valence-electron chi connectivity index (χ1n) is 5.40. The largest absolute Gasteiger partial charge is 0.492 e. The zero-order valence-electron chi connectivity index (χ0n) is 9.85.